The van der Waals surface area contributed by atoms with Crippen molar-refractivity contribution < 1.29 is 23.0 Å². The van der Waals surface area contributed by atoms with Crippen LogP contribution in [0.1, 0.15) is 15.9 Å². The molecule has 2 aromatic rings. The van der Waals surface area contributed by atoms with Gasteiger partial charge in [0, 0.05) is 51.4 Å². The molecule has 1 N–H and O–H groups in total. The van der Waals surface area contributed by atoms with E-state index in [-0.39, 0.29) is 17.4 Å². The third-order valence-electron chi connectivity index (χ3n) is 5.07. The highest BCUT2D eigenvalue weighted by Gasteiger charge is 2.18. The number of carbonyl (C=O) groups excluding carboxylic acids is 1. The summed E-state index contributed by atoms with van der Waals surface area (Å²) in [5, 5.41) is 2.87. The zero-order chi connectivity index (χ0) is 21.3. The number of alkyl halides is 2. The van der Waals surface area contributed by atoms with Crippen molar-refractivity contribution in [1.29, 1.82) is 0 Å². The molecule has 3 rings (SSSR count). The van der Waals surface area contributed by atoms with Gasteiger partial charge in [0.25, 0.3) is 5.91 Å². The molecular weight excluding hydrogens is 392 g/mol. The van der Waals surface area contributed by atoms with Crippen molar-refractivity contribution in [3.05, 3.63) is 59.7 Å². The second kappa shape index (κ2) is 10.9. The van der Waals surface area contributed by atoms with Crippen LogP contribution in [-0.2, 0) is 6.54 Å². The average molecular weight is 419 g/mol. The number of amides is 1. The molecule has 0 unspecified atom stereocenters. The average Bonchev–Trinajstić information content (AvgIpc) is 2.75. The minimum Gasteiger partial charge on any atom is -0.493 e. The van der Waals surface area contributed by atoms with Gasteiger partial charge in [0.15, 0.2) is 11.5 Å². The maximum atomic E-state index is 12.4. The number of nitrogens with one attached hydrogen (secondary N) is 1. The number of halogens is 2. The zero-order valence-electron chi connectivity index (χ0n) is 17.0. The molecule has 1 fully saturated rings. The quantitative estimate of drug-likeness (QED) is 0.678. The maximum absolute atomic E-state index is 12.4. The lowest BCUT2D eigenvalue weighted by Crippen LogP contribution is -2.48. The molecule has 0 aliphatic carbocycles. The van der Waals surface area contributed by atoms with Crippen LogP contribution in [0.25, 0.3) is 0 Å². The lowest BCUT2D eigenvalue weighted by Gasteiger charge is -2.34. The Bertz CT molecular complexity index is 813. The number of hydrogen-bond donors (Lipinski definition) is 1. The van der Waals surface area contributed by atoms with Crippen molar-refractivity contribution in [1.82, 2.24) is 15.1 Å². The highest BCUT2D eigenvalue weighted by atomic mass is 19.3. The molecule has 1 heterocycles. The molecule has 1 saturated heterocycles. The van der Waals surface area contributed by atoms with Crippen molar-refractivity contribution in [3.63, 3.8) is 0 Å². The third kappa shape index (κ3) is 6.40. The van der Waals surface area contributed by atoms with E-state index in [1.54, 1.807) is 0 Å². The molecule has 0 aromatic heterocycles. The van der Waals surface area contributed by atoms with Crippen molar-refractivity contribution in [2.24, 2.45) is 0 Å². The third-order valence-corrected chi connectivity index (χ3v) is 5.07. The number of benzene rings is 2. The summed E-state index contributed by atoms with van der Waals surface area (Å²) in [5.74, 6) is -0.283. The maximum Gasteiger partial charge on any atom is 0.387 e. The van der Waals surface area contributed by atoms with Gasteiger partial charge in [-0.25, -0.2) is 0 Å². The van der Waals surface area contributed by atoms with E-state index in [0.29, 0.717) is 12.1 Å². The summed E-state index contributed by atoms with van der Waals surface area (Å²) in [6.07, 6.45) is 0. The van der Waals surface area contributed by atoms with Gasteiger partial charge < -0.3 is 14.8 Å². The minimum absolute atomic E-state index is 0.0949. The van der Waals surface area contributed by atoms with Gasteiger partial charge in [0.1, 0.15) is 0 Å². The van der Waals surface area contributed by atoms with E-state index in [4.69, 9.17) is 4.74 Å². The first-order valence-corrected chi connectivity index (χ1v) is 9.95. The van der Waals surface area contributed by atoms with Gasteiger partial charge >= 0.3 is 6.61 Å². The summed E-state index contributed by atoms with van der Waals surface area (Å²) in [4.78, 5) is 17.1. The SMILES string of the molecule is COc1cc(C(=O)NCCN2CCN(Cc3ccccc3)CC2)ccc1OC(F)F. The summed E-state index contributed by atoms with van der Waals surface area (Å²) in [7, 11) is 1.34. The molecule has 0 spiro atoms. The molecule has 1 aliphatic heterocycles. The first kappa shape index (κ1) is 22.0. The summed E-state index contributed by atoms with van der Waals surface area (Å²) < 4.78 is 34.2. The summed E-state index contributed by atoms with van der Waals surface area (Å²) in [6, 6.07) is 14.6. The van der Waals surface area contributed by atoms with Gasteiger partial charge in [-0.05, 0) is 23.8 Å². The molecular formula is C22H27F2N3O3. The van der Waals surface area contributed by atoms with Crippen molar-refractivity contribution in [3.8, 4) is 11.5 Å². The number of ether oxygens (including phenoxy) is 2. The van der Waals surface area contributed by atoms with Crippen LogP contribution < -0.4 is 14.8 Å². The van der Waals surface area contributed by atoms with Crippen LogP contribution >= 0.6 is 0 Å². The van der Waals surface area contributed by atoms with E-state index < -0.39 is 6.61 Å². The predicted octanol–water partition coefficient (Wildman–Crippen LogP) is 2.84. The van der Waals surface area contributed by atoms with Gasteiger partial charge in [-0.3, -0.25) is 14.6 Å². The molecule has 162 valence electrons. The molecule has 0 atom stereocenters. The Hall–Kier alpha value is -2.71. The van der Waals surface area contributed by atoms with Crippen LogP contribution in [-0.4, -0.2) is 68.7 Å². The first-order valence-electron chi connectivity index (χ1n) is 9.95. The lowest BCUT2D eigenvalue weighted by molar-refractivity contribution is -0.0512. The second-order valence-electron chi connectivity index (χ2n) is 7.10. The van der Waals surface area contributed by atoms with E-state index in [9.17, 15) is 13.6 Å². The topological polar surface area (TPSA) is 54.0 Å². The Labute approximate surface area is 175 Å². The van der Waals surface area contributed by atoms with Gasteiger partial charge in [0.05, 0.1) is 7.11 Å². The van der Waals surface area contributed by atoms with Gasteiger partial charge in [-0.2, -0.15) is 8.78 Å². The van der Waals surface area contributed by atoms with Crippen molar-refractivity contribution in [2.75, 3.05) is 46.4 Å². The Morgan fingerprint density at radius 1 is 1.03 bits per heavy atom. The van der Waals surface area contributed by atoms with Gasteiger partial charge in [-0.1, -0.05) is 30.3 Å². The van der Waals surface area contributed by atoms with E-state index in [0.717, 1.165) is 39.3 Å². The molecule has 1 aliphatic rings. The van der Waals surface area contributed by atoms with Crippen LogP contribution in [0.15, 0.2) is 48.5 Å². The molecule has 2 aromatic carbocycles. The highest BCUT2D eigenvalue weighted by molar-refractivity contribution is 5.94. The molecule has 1 amide bonds. The Balaban J connectivity index is 1.41. The number of hydrogen-bond acceptors (Lipinski definition) is 5. The number of rotatable bonds is 9. The fourth-order valence-electron chi connectivity index (χ4n) is 3.44. The number of carbonyl (C=O) groups is 1. The fourth-order valence-corrected chi connectivity index (χ4v) is 3.44. The van der Waals surface area contributed by atoms with Crippen molar-refractivity contribution >= 4 is 5.91 Å². The van der Waals surface area contributed by atoms with Crippen LogP contribution in [0.5, 0.6) is 11.5 Å². The smallest absolute Gasteiger partial charge is 0.387 e. The van der Waals surface area contributed by atoms with E-state index in [2.05, 4.69) is 44.1 Å². The van der Waals surface area contributed by atoms with Crippen LogP contribution in [0.2, 0.25) is 0 Å². The fraction of sp³-hybridized carbons (Fsp3) is 0.409. The Morgan fingerprint density at radius 2 is 1.73 bits per heavy atom. The van der Waals surface area contributed by atoms with Crippen LogP contribution in [0.4, 0.5) is 8.78 Å². The zero-order valence-corrected chi connectivity index (χ0v) is 17.0. The normalized spacial score (nSPS) is 15.2. The summed E-state index contributed by atoms with van der Waals surface area (Å²) >= 11 is 0. The molecule has 0 saturated carbocycles. The summed E-state index contributed by atoms with van der Waals surface area (Å²) in [5.41, 5.74) is 1.65. The minimum atomic E-state index is -2.95. The van der Waals surface area contributed by atoms with Crippen molar-refractivity contribution in [2.45, 2.75) is 13.2 Å². The summed E-state index contributed by atoms with van der Waals surface area (Å²) in [6.45, 7) is 3.16. The van der Waals surface area contributed by atoms with Crippen LogP contribution in [0.3, 0.4) is 0 Å². The molecule has 0 radical (unpaired) electrons. The predicted molar refractivity (Wildman–Crippen MR) is 110 cm³/mol. The molecule has 8 heteroatoms. The molecule has 0 bridgehead atoms. The van der Waals surface area contributed by atoms with Crippen LogP contribution in [0, 0.1) is 0 Å². The number of piperazine rings is 1. The van der Waals surface area contributed by atoms with E-state index in [1.807, 2.05) is 6.07 Å². The molecule has 6 nitrogen and oxygen atoms in total. The van der Waals surface area contributed by atoms with E-state index >= 15 is 0 Å². The Morgan fingerprint density at radius 3 is 2.40 bits per heavy atom. The van der Waals surface area contributed by atoms with Gasteiger partial charge in [0.2, 0.25) is 0 Å². The van der Waals surface area contributed by atoms with E-state index in [1.165, 1.54) is 30.9 Å². The highest BCUT2D eigenvalue weighted by Crippen LogP contribution is 2.29. The lowest BCUT2D eigenvalue weighted by atomic mass is 10.2. The second-order valence-corrected chi connectivity index (χ2v) is 7.10. The largest absolute Gasteiger partial charge is 0.493 e. The first-order chi connectivity index (χ1) is 14.5. The molecule has 30 heavy (non-hydrogen) atoms. The standard InChI is InChI=1S/C22H27F2N3O3/c1-29-20-15-18(7-8-19(20)30-22(23)24)21(28)25-9-10-26-11-13-27(14-12-26)16-17-5-3-2-4-6-17/h2-8,15,22H,9-14,16H2,1H3,(H,25,28). The van der Waals surface area contributed by atoms with Gasteiger partial charge in [-0.15, -0.1) is 0 Å². The Kier molecular flexibility index (Phi) is 7.98. The number of methoxy groups -OCH3 is 1. The number of nitrogens with zero attached hydrogens (tertiary/aromatic N) is 2. The monoisotopic (exact) mass is 419 g/mol.